The van der Waals surface area contributed by atoms with Gasteiger partial charge in [-0.2, -0.15) is 0 Å². The third kappa shape index (κ3) is 2.64. The van der Waals surface area contributed by atoms with Crippen molar-refractivity contribution in [2.45, 2.75) is 6.92 Å². The Morgan fingerprint density at radius 2 is 2.23 bits per heavy atom. The molecule has 0 fully saturated rings. The lowest BCUT2D eigenvalue weighted by Gasteiger charge is -2.13. The Labute approximate surface area is 76.8 Å². The number of anilines is 2. The molecule has 0 saturated carbocycles. The molecule has 1 aromatic rings. The molecule has 0 atom stereocenters. The van der Waals surface area contributed by atoms with Gasteiger partial charge in [0.25, 0.3) is 0 Å². The van der Waals surface area contributed by atoms with Crippen molar-refractivity contribution < 1.29 is 0 Å². The van der Waals surface area contributed by atoms with Crippen molar-refractivity contribution in [2.24, 2.45) is 11.6 Å². The van der Waals surface area contributed by atoms with Crippen LogP contribution in [0.1, 0.15) is 6.92 Å². The molecule has 70 valence electrons. The number of nitrogen functional groups attached to an aromatic ring is 1. The molecule has 0 bridgehead atoms. The van der Waals surface area contributed by atoms with E-state index >= 15 is 0 Å². The molecular weight excluding hydrogens is 166 g/mol. The smallest absolute Gasteiger partial charge is 0.0772 e. The average Bonchev–Trinajstić information content (AvgIpc) is 2.03. The Hall–Kier alpha value is -1.75. The Morgan fingerprint density at radius 3 is 2.77 bits per heavy atom. The second kappa shape index (κ2) is 3.77. The van der Waals surface area contributed by atoms with Crippen molar-refractivity contribution in [1.82, 2.24) is 4.98 Å². The van der Waals surface area contributed by atoms with Gasteiger partial charge in [-0.3, -0.25) is 9.99 Å². The number of pyridine rings is 1. The van der Waals surface area contributed by atoms with Crippen molar-refractivity contribution in [3.05, 3.63) is 30.4 Å². The lowest BCUT2D eigenvalue weighted by Crippen LogP contribution is -2.25. The lowest BCUT2D eigenvalue weighted by molar-refractivity contribution is 1.04. The van der Waals surface area contributed by atoms with E-state index in [4.69, 9.17) is 17.3 Å². The van der Waals surface area contributed by atoms with Crippen molar-refractivity contribution >= 4 is 11.4 Å². The quantitative estimate of drug-likeness (QED) is 0.444. The number of hydrazine groups is 1. The van der Waals surface area contributed by atoms with E-state index in [9.17, 15) is 0 Å². The summed E-state index contributed by atoms with van der Waals surface area (Å²) in [5, 5.41) is 1.37. The summed E-state index contributed by atoms with van der Waals surface area (Å²) >= 11 is 0. The van der Waals surface area contributed by atoms with E-state index in [0.29, 0.717) is 17.1 Å². The third-order valence-corrected chi connectivity index (χ3v) is 1.39. The van der Waals surface area contributed by atoms with Gasteiger partial charge in [0.05, 0.1) is 17.6 Å². The maximum Gasteiger partial charge on any atom is 0.0772 e. The molecule has 0 aromatic carbocycles. The summed E-state index contributed by atoms with van der Waals surface area (Å²) in [6.07, 6.45) is 4.75. The highest BCUT2D eigenvalue weighted by Crippen LogP contribution is 2.12. The molecule has 0 spiro atoms. The van der Waals surface area contributed by atoms with E-state index in [1.54, 1.807) is 31.6 Å². The Morgan fingerprint density at radius 1 is 1.54 bits per heavy atom. The summed E-state index contributed by atoms with van der Waals surface area (Å²) in [6, 6.07) is 1.71. The first-order chi connectivity index (χ1) is 6.09. The molecule has 13 heavy (non-hydrogen) atoms. The van der Waals surface area contributed by atoms with Gasteiger partial charge in [-0.05, 0) is 13.0 Å². The number of nitrogens with zero attached hydrogens (tertiary/aromatic N) is 2. The molecular formula is C8H13N5. The number of nitrogens with two attached hydrogens (primary N) is 3. The van der Waals surface area contributed by atoms with Crippen LogP contribution in [-0.2, 0) is 0 Å². The number of aromatic nitrogens is 1. The highest BCUT2D eigenvalue weighted by Gasteiger charge is 1.98. The van der Waals surface area contributed by atoms with E-state index in [0.717, 1.165) is 0 Å². The van der Waals surface area contributed by atoms with Crippen LogP contribution in [0.25, 0.3) is 0 Å². The summed E-state index contributed by atoms with van der Waals surface area (Å²) in [5.74, 6) is 5.65. The average molecular weight is 179 g/mol. The second-order valence-electron chi connectivity index (χ2n) is 2.76. The predicted octanol–water partition coefficient (Wildman–Crippen LogP) is 0.164. The maximum atomic E-state index is 5.65. The zero-order chi connectivity index (χ0) is 9.84. The van der Waals surface area contributed by atoms with Crippen molar-refractivity contribution in [3.63, 3.8) is 0 Å². The van der Waals surface area contributed by atoms with E-state index in [1.165, 1.54) is 5.01 Å². The van der Waals surface area contributed by atoms with Gasteiger partial charge < -0.3 is 11.5 Å². The minimum atomic E-state index is 0.566. The molecule has 0 radical (unpaired) electrons. The third-order valence-electron chi connectivity index (χ3n) is 1.39. The normalized spacial score (nSPS) is 11.4. The fourth-order valence-electron chi connectivity index (χ4n) is 0.880. The van der Waals surface area contributed by atoms with Crippen molar-refractivity contribution in [2.75, 3.05) is 10.7 Å². The van der Waals surface area contributed by atoms with Gasteiger partial charge in [0.15, 0.2) is 0 Å². The van der Waals surface area contributed by atoms with Gasteiger partial charge in [0.2, 0.25) is 0 Å². The molecule has 0 aliphatic carbocycles. The summed E-state index contributed by atoms with van der Waals surface area (Å²) < 4.78 is 0. The molecule has 0 unspecified atom stereocenters. The molecule has 1 heterocycles. The fourth-order valence-corrected chi connectivity index (χ4v) is 0.880. The fraction of sp³-hybridized carbons (Fsp3) is 0.125. The summed E-state index contributed by atoms with van der Waals surface area (Å²) in [7, 11) is 0. The van der Waals surface area contributed by atoms with Gasteiger partial charge in [-0.1, -0.05) is 0 Å². The van der Waals surface area contributed by atoms with E-state index in [-0.39, 0.29) is 0 Å². The van der Waals surface area contributed by atoms with Crippen molar-refractivity contribution in [1.29, 1.82) is 0 Å². The Kier molecular flexibility index (Phi) is 2.71. The van der Waals surface area contributed by atoms with E-state index < -0.39 is 0 Å². The molecule has 0 aliphatic rings. The monoisotopic (exact) mass is 179 g/mol. The zero-order valence-electron chi connectivity index (χ0n) is 7.44. The van der Waals surface area contributed by atoms with Crippen molar-refractivity contribution in [3.8, 4) is 0 Å². The van der Waals surface area contributed by atoms with Crippen LogP contribution in [-0.4, -0.2) is 4.98 Å². The summed E-state index contributed by atoms with van der Waals surface area (Å²) in [4.78, 5) is 3.90. The predicted molar refractivity (Wildman–Crippen MR) is 53.3 cm³/mol. The summed E-state index contributed by atoms with van der Waals surface area (Å²) in [6.45, 7) is 1.75. The highest BCUT2D eigenvalue weighted by molar-refractivity contribution is 5.53. The van der Waals surface area contributed by atoms with Crippen LogP contribution in [0.2, 0.25) is 0 Å². The molecule has 6 N–H and O–H groups in total. The van der Waals surface area contributed by atoms with Crippen LogP contribution in [0.4, 0.5) is 11.4 Å². The Balaban J connectivity index is 2.89. The number of hydrogen-bond acceptors (Lipinski definition) is 5. The first kappa shape index (κ1) is 9.34. The van der Waals surface area contributed by atoms with Gasteiger partial charge >= 0.3 is 0 Å². The topological polar surface area (TPSA) is 94.2 Å². The number of rotatable bonds is 2. The molecule has 0 aliphatic heterocycles. The first-order valence-corrected chi connectivity index (χ1v) is 3.78. The molecule has 5 nitrogen and oxygen atoms in total. The van der Waals surface area contributed by atoms with Gasteiger partial charge in [-0.15, -0.1) is 0 Å². The second-order valence-corrected chi connectivity index (χ2v) is 2.76. The van der Waals surface area contributed by atoms with Crippen LogP contribution in [0.3, 0.4) is 0 Å². The van der Waals surface area contributed by atoms with E-state index in [2.05, 4.69) is 4.98 Å². The van der Waals surface area contributed by atoms with Crippen LogP contribution in [0.5, 0.6) is 0 Å². The maximum absolute atomic E-state index is 5.65. The van der Waals surface area contributed by atoms with Gasteiger partial charge in [0, 0.05) is 18.1 Å². The van der Waals surface area contributed by atoms with Crippen LogP contribution < -0.4 is 22.3 Å². The lowest BCUT2D eigenvalue weighted by atomic mass is 10.3. The zero-order valence-corrected chi connectivity index (χ0v) is 7.44. The molecule has 1 aromatic heterocycles. The van der Waals surface area contributed by atoms with E-state index in [1.807, 2.05) is 0 Å². The van der Waals surface area contributed by atoms with Crippen LogP contribution in [0, 0.1) is 0 Å². The molecule has 0 amide bonds. The number of hydrogen-bond donors (Lipinski definition) is 3. The molecule has 5 heteroatoms. The minimum absolute atomic E-state index is 0.566. The van der Waals surface area contributed by atoms with Gasteiger partial charge in [0.1, 0.15) is 0 Å². The largest absolute Gasteiger partial charge is 0.401 e. The molecule has 0 saturated heterocycles. The standard InChI is InChI=1S/C8H13N5/c1-6(9)5-13(11)8-2-7(10)3-12-4-8/h2-5H,9-11H2,1H3/b6-5-. The minimum Gasteiger partial charge on any atom is -0.401 e. The molecule has 1 rings (SSSR count). The highest BCUT2D eigenvalue weighted by atomic mass is 15.4. The van der Waals surface area contributed by atoms with Crippen LogP contribution in [0.15, 0.2) is 30.4 Å². The summed E-state index contributed by atoms with van der Waals surface area (Å²) in [5.41, 5.74) is 12.9. The van der Waals surface area contributed by atoms with Crippen LogP contribution >= 0.6 is 0 Å². The first-order valence-electron chi connectivity index (χ1n) is 3.78. The number of allylic oxidation sites excluding steroid dienone is 1. The van der Waals surface area contributed by atoms with Gasteiger partial charge in [-0.25, -0.2) is 5.84 Å². The Bertz CT molecular complexity index is 316. The SMILES string of the molecule is C/C(N)=C/N(N)c1cncc(N)c1.